The number of alkyl halides is 3. The van der Waals surface area contributed by atoms with Crippen LogP contribution in [0.2, 0.25) is 0 Å². The Morgan fingerprint density at radius 2 is 2.00 bits per heavy atom. The molecule has 2 atom stereocenters. The fourth-order valence-corrected chi connectivity index (χ4v) is 2.94. The highest BCUT2D eigenvalue weighted by atomic mass is 19.4. The van der Waals surface area contributed by atoms with Gasteiger partial charge >= 0.3 is 6.18 Å². The van der Waals surface area contributed by atoms with E-state index in [1.54, 1.807) is 25.6 Å². The molecule has 1 aliphatic heterocycles. The van der Waals surface area contributed by atoms with Crippen LogP contribution in [0.5, 0.6) is 0 Å². The van der Waals surface area contributed by atoms with Crippen molar-refractivity contribution >= 4 is 5.91 Å². The van der Waals surface area contributed by atoms with E-state index in [2.05, 4.69) is 5.10 Å². The summed E-state index contributed by atoms with van der Waals surface area (Å²) in [6.45, 7) is 3.49. The Kier molecular flexibility index (Phi) is 4.51. The first-order chi connectivity index (χ1) is 10.1. The van der Waals surface area contributed by atoms with Crippen LogP contribution >= 0.6 is 0 Å². The average Bonchev–Trinajstić information content (AvgIpc) is 2.63. The first-order valence-corrected chi connectivity index (χ1v) is 7.22. The summed E-state index contributed by atoms with van der Waals surface area (Å²) in [6.07, 6.45) is -4.36. The smallest absolute Gasteiger partial charge is 0.329 e. The molecule has 0 bridgehead atoms. The summed E-state index contributed by atoms with van der Waals surface area (Å²) < 4.78 is 41.0. The van der Waals surface area contributed by atoms with Crippen LogP contribution in [-0.4, -0.2) is 45.4 Å². The Morgan fingerprint density at radius 3 is 2.50 bits per heavy atom. The van der Waals surface area contributed by atoms with Gasteiger partial charge < -0.3 is 10.6 Å². The normalized spacial score (nSPS) is 23.0. The van der Waals surface area contributed by atoms with Crippen LogP contribution in [0.1, 0.15) is 29.8 Å². The van der Waals surface area contributed by atoms with Crippen molar-refractivity contribution in [2.45, 2.75) is 51.4 Å². The molecule has 0 saturated carbocycles. The molecule has 1 aliphatic rings. The lowest BCUT2D eigenvalue weighted by Crippen LogP contribution is -2.57. The number of rotatable bonds is 2. The molecule has 1 aromatic heterocycles. The summed E-state index contributed by atoms with van der Waals surface area (Å²) in [6, 6.07) is -2.14. The molecule has 2 unspecified atom stereocenters. The van der Waals surface area contributed by atoms with Crippen molar-refractivity contribution in [3.05, 3.63) is 17.0 Å². The van der Waals surface area contributed by atoms with Crippen molar-refractivity contribution in [3.63, 3.8) is 0 Å². The number of carbonyl (C=O) groups excluding carboxylic acids is 1. The molecule has 0 radical (unpaired) electrons. The van der Waals surface area contributed by atoms with Gasteiger partial charge in [0.2, 0.25) is 5.91 Å². The largest absolute Gasteiger partial charge is 0.408 e. The molecular weight excluding hydrogens is 297 g/mol. The zero-order valence-electron chi connectivity index (χ0n) is 12.9. The molecule has 0 aliphatic carbocycles. The monoisotopic (exact) mass is 318 g/mol. The fraction of sp³-hybridized carbons (Fsp3) is 0.714. The van der Waals surface area contributed by atoms with E-state index in [1.165, 1.54) is 0 Å². The van der Waals surface area contributed by atoms with Gasteiger partial charge in [0.1, 0.15) is 6.04 Å². The van der Waals surface area contributed by atoms with Crippen LogP contribution < -0.4 is 5.73 Å². The van der Waals surface area contributed by atoms with Gasteiger partial charge in [-0.05, 0) is 26.7 Å². The summed E-state index contributed by atoms with van der Waals surface area (Å²) in [5.41, 5.74) is 7.89. The van der Waals surface area contributed by atoms with E-state index in [9.17, 15) is 18.0 Å². The maximum absolute atomic E-state index is 13.1. The third kappa shape index (κ3) is 3.26. The van der Waals surface area contributed by atoms with Crippen molar-refractivity contribution < 1.29 is 18.0 Å². The summed E-state index contributed by atoms with van der Waals surface area (Å²) in [4.78, 5) is 13.3. The molecule has 1 fully saturated rings. The van der Waals surface area contributed by atoms with Crippen LogP contribution in [0.25, 0.3) is 0 Å². The van der Waals surface area contributed by atoms with Gasteiger partial charge in [-0.15, -0.1) is 0 Å². The third-order valence-corrected chi connectivity index (χ3v) is 4.30. The number of amides is 1. The van der Waals surface area contributed by atoms with E-state index < -0.39 is 24.2 Å². The van der Waals surface area contributed by atoms with Gasteiger partial charge in [-0.2, -0.15) is 18.3 Å². The second-order valence-corrected chi connectivity index (χ2v) is 5.89. The number of aryl methyl sites for hydroxylation is 2. The Morgan fingerprint density at radius 1 is 1.36 bits per heavy atom. The average molecular weight is 318 g/mol. The van der Waals surface area contributed by atoms with Crippen molar-refractivity contribution in [1.82, 2.24) is 14.7 Å². The fourth-order valence-electron chi connectivity index (χ4n) is 2.94. The molecule has 1 saturated heterocycles. The quantitative estimate of drug-likeness (QED) is 0.898. The first kappa shape index (κ1) is 16.8. The number of nitrogens with zero attached hydrogens (tertiary/aromatic N) is 3. The Balaban J connectivity index is 2.21. The summed E-state index contributed by atoms with van der Waals surface area (Å²) in [5.74, 6) is -0.545. The topological polar surface area (TPSA) is 64.2 Å². The zero-order chi connectivity index (χ0) is 16.7. The zero-order valence-corrected chi connectivity index (χ0v) is 12.9. The third-order valence-electron chi connectivity index (χ3n) is 4.30. The van der Waals surface area contributed by atoms with Crippen LogP contribution in [0.3, 0.4) is 0 Å². The number of aromatic nitrogens is 2. The van der Waals surface area contributed by atoms with E-state index in [0.717, 1.165) is 10.6 Å². The highest BCUT2D eigenvalue weighted by Gasteiger charge is 2.47. The lowest BCUT2D eigenvalue weighted by atomic mass is 9.97. The van der Waals surface area contributed by atoms with Gasteiger partial charge in [0.15, 0.2) is 0 Å². The molecule has 2 heterocycles. The van der Waals surface area contributed by atoms with Crippen LogP contribution in [0.15, 0.2) is 0 Å². The first-order valence-electron chi connectivity index (χ1n) is 7.22. The highest BCUT2D eigenvalue weighted by Crippen LogP contribution is 2.32. The van der Waals surface area contributed by atoms with E-state index in [1.807, 2.05) is 0 Å². The summed E-state index contributed by atoms with van der Waals surface area (Å²) in [7, 11) is 1.74. The summed E-state index contributed by atoms with van der Waals surface area (Å²) >= 11 is 0. The molecule has 0 aromatic carbocycles. The predicted octanol–water partition coefficient (Wildman–Crippen LogP) is 1.46. The number of nitrogens with two attached hydrogens (primary N) is 1. The molecule has 22 heavy (non-hydrogen) atoms. The van der Waals surface area contributed by atoms with Gasteiger partial charge in [0.25, 0.3) is 0 Å². The van der Waals surface area contributed by atoms with Gasteiger partial charge in [-0.25, -0.2) is 0 Å². The molecular formula is C14H21F3N4O. The number of likely N-dealkylation sites (tertiary alicyclic amines) is 1. The Labute approximate surface area is 127 Å². The van der Waals surface area contributed by atoms with Crippen LogP contribution in [-0.2, 0) is 18.3 Å². The second-order valence-electron chi connectivity index (χ2n) is 5.89. The van der Waals surface area contributed by atoms with Crippen molar-refractivity contribution in [3.8, 4) is 0 Å². The molecule has 2 N–H and O–H groups in total. The minimum Gasteiger partial charge on any atom is -0.329 e. The number of hydrogen-bond donors (Lipinski definition) is 1. The molecule has 8 heteroatoms. The van der Waals surface area contributed by atoms with Crippen LogP contribution in [0.4, 0.5) is 13.2 Å². The van der Waals surface area contributed by atoms with E-state index in [4.69, 9.17) is 5.73 Å². The van der Waals surface area contributed by atoms with E-state index in [-0.39, 0.29) is 25.8 Å². The number of piperidine rings is 1. The van der Waals surface area contributed by atoms with Gasteiger partial charge in [0, 0.05) is 30.9 Å². The van der Waals surface area contributed by atoms with E-state index in [0.29, 0.717) is 11.3 Å². The maximum Gasteiger partial charge on any atom is 0.408 e. The maximum atomic E-state index is 13.1. The number of hydrogen-bond acceptors (Lipinski definition) is 3. The Hall–Kier alpha value is -1.57. The minimum atomic E-state index is -4.42. The molecule has 0 spiro atoms. The number of halogens is 3. The molecule has 1 aromatic rings. The molecule has 2 rings (SSSR count). The van der Waals surface area contributed by atoms with Gasteiger partial charge in [-0.1, -0.05) is 0 Å². The highest BCUT2D eigenvalue weighted by molar-refractivity contribution is 5.80. The molecule has 5 nitrogen and oxygen atoms in total. The lowest BCUT2D eigenvalue weighted by molar-refractivity contribution is -0.196. The van der Waals surface area contributed by atoms with E-state index >= 15 is 0 Å². The summed E-state index contributed by atoms with van der Waals surface area (Å²) in [5, 5.41) is 4.19. The molecule has 1 amide bonds. The number of carbonyl (C=O) groups is 1. The van der Waals surface area contributed by atoms with Gasteiger partial charge in [-0.3, -0.25) is 9.48 Å². The SMILES string of the molecule is Cc1nn(C)c(C)c1CC(=O)N1CC(N)CCC1C(F)(F)F. The van der Waals surface area contributed by atoms with Crippen molar-refractivity contribution in [2.24, 2.45) is 12.8 Å². The predicted molar refractivity (Wildman–Crippen MR) is 75.2 cm³/mol. The van der Waals surface area contributed by atoms with Gasteiger partial charge in [0.05, 0.1) is 12.1 Å². The van der Waals surface area contributed by atoms with Crippen molar-refractivity contribution in [2.75, 3.05) is 6.54 Å². The standard InChI is InChI=1S/C14H21F3N4O/c1-8-11(9(2)20(3)19-8)6-13(22)21-7-10(18)4-5-12(21)14(15,16)17/h10,12H,4-7,18H2,1-3H3. The second kappa shape index (κ2) is 5.91. The Bertz CT molecular complexity index is 567. The molecule has 124 valence electrons. The van der Waals surface area contributed by atoms with Crippen molar-refractivity contribution in [1.29, 1.82) is 0 Å². The van der Waals surface area contributed by atoms with Crippen LogP contribution in [0, 0.1) is 13.8 Å². The minimum absolute atomic E-state index is 0.0542. The lowest BCUT2D eigenvalue weighted by Gasteiger charge is -2.39.